The predicted molar refractivity (Wildman–Crippen MR) is 355 cm³/mol. The summed E-state index contributed by atoms with van der Waals surface area (Å²) in [4.78, 5) is 13.4. The van der Waals surface area contributed by atoms with E-state index in [0.29, 0.717) is 12.8 Å². The summed E-state index contributed by atoms with van der Waals surface area (Å²) in [7, 11) is 0. The lowest BCUT2D eigenvalue weighted by molar-refractivity contribution is -0.379. The number of hydrogen-bond donors (Lipinski definition) is 12. The Morgan fingerprint density at radius 1 is 0.407 bits per heavy atom. The molecule has 0 aromatic heterocycles. The maximum Gasteiger partial charge on any atom is 0.220 e. The smallest absolute Gasteiger partial charge is 0.220 e. The molecule has 0 spiro atoms. The summed E-state index contributed by atoms with van der Waals surface area (Å²) in [5.74, 6) is -0.318. The van der Waals surface area contributed by atoms with E-state index in [9.17, 15) is 61.0 Å². The second-order valence-electron chi connectivity index (χ2n) is 23.2. The zero-order valence-corrected chi connectivity index (χ0v) is 54.2. The molecule has 0 aromatic carbocycles. The van der Waals surface area contributed by atoms with Crippen LogP contribution in [0.3, 0.4) is 0 Å². The molecule has 0 aromatic rings. The quantitative estimate of drug-likeness (QED) is 0.0201. The maximum absolute atomic E-state index is 13.4. The third-order valence-corrected chi connectivity index (χ3v) is 15.6. The fourth-order valence-electron chi connectivity index (χ4n) is 10.2. The Kier molecular flexibility index (Phi) is 46.2. The minimum Gasteiger partial charge on any atom is -0.394 e. The van der Waals surface area contributed by atoms with Gasteiger partial charge in [-0.1, -0.05) is 192 Å². The lowest BCUT2D eigenvalue weighted by Crippen LogP contribution is -2.66. The highest BCUT2D eigenvalue weighted by Crippen LogP contribution is 2.33. The SMILES string of the molecule is CC/C=C\C/C=C\C/C=C\C/C=C\C/C=C\C/C=C\C/C=C\C/C=C\C/C=C\CCCCCCCC(=O)NC(COC1OC(CO)C(OC2OC(CO)C(OC3OC(CO)C(O)C(O)C3O)C(O)C2O)C(O)C1O)C(O)/C=C/CC/C=C/CC/C=C/CCCCC. The number of ether oxygens (including phenoxy) is 6. The predicted octanol–water partition coefficient (Wildman–Crippen LogP) is 8.37. The monoisotopic (exact) mass is 1280 g/mol. The Morgan fingerprint density at radius 2 is 0.769 bits per heavy atom. The number of unbranched alkanes of at least 4 members (excludes halogenated alkanes) is 10. The summed E-state index contributed by atoms with van der Waals surface area (Å²) in [5.41, 5.74) is 0. The molecular weight excluding hydrogens is 1170 g/mol. The molecule has 3 rings (SSSR count). The van der Waals surface area contributed by atoms with Gasteiger partial charge in [0.25, 0.3) is 0 Å². The average molecular weight is 1280 g/mol. The van der Waals surface area contributed by atoms with Gasteiger partial charge in [-0.15, -0.1) is 0 Å². The summed E-state index contributed by atoms with van der Waals surface area (Å²) < 4.78 is 34.2. The van der Waals surface area contributed by atoms with Crippen LogP contribution in [0.15, 0.2) is 146 Å². The standard InChI is InChI=1S/C72H115NO18/c1-3-5-7-9-11-13-15-17-18-19-20-21-22-23-24-25-26-27-28-29-30-31-32-33-34-35-36-38-40-42-44-46-48-50-60(78)73-55(56(77)49-47-45-43-41-39-37-16-14-12-10-8-6-4-2)54-86-70-66(84)63(81)68(58(52-75)88-70)91-72-67(85)64(82)69(59(53-76)89-72)90-71-65(83)62(80)61(79)57(51-74)87-71/h5,7,11-14,17-18,20-21,23-24,26-27,29-30,32-33,35-36,39,41,47,49,55-59,61-72,74-77,79-85H,3-4,6,8-10,15-16,19,22,25,28,31,34,37-38,40,42-46,48,50-54H2,1-2H3,(H,73,78)/b7-5-,13-11-,14-12+,18-17-,21-20-,24-23-,27-26-,30-29-,33-32-,36-35-,41-39+,49-47+. The van der Waals surface area contributed by atoms with E-state index < -0.39 is 131 Å². The van der Waals surface area contributed by atoms with E-state index in [1.165, 1.54) is 19.3 Å². The van der Waals surface area contributed by atoms with E-state index in [2.05, 4.69) is 153 Å². The van der Waals surface area contributed by atoms with Crippen molar-refractivity contribution in [2.45, 2.75) is 272 Å². The van der Waals surface area contributed by atoms with Crippen molar-refractivity contribution in [3.63, 3.8) is 0 Å². The molecule has 3 heterocycles. The van der Waals surface area contributed by atoms with E-state index in [1.807, 2.05) is 6.08 Å². The summed E-state index contributed by atoms with van der Waals surface area (Å²) >= 11 is 0. The number of aliphatic hydroxyl groups excluding tert-OH is 11. The van der Waals surface area contributed by atoms with Crippen LogP contribution in [0.2, 0.25) is 0 Å². The Hall–Kier alpha value is -4.33. The molecule has 3 aliphatic heterocycles. The van der Waals surface area contributed by atoms with E-state index in [1.54, 1.807) is 6.08 Å². The summed E-state index contributed by atoms with van der Waals surface area (Å²) in [5, 5.41) is 120. The first kappa shape index (κ1) is 80.9. The van der Waals surface area contributed by atoms with Crippen LogP contribution >= 0.6 is 0 Å². The molecule has 0 radical (unpaired) electrons. The number of hydrogen-bond acceptors (Lipinski definition) is 18. The lowest BCUT2D eigenvalue weighted by atomic mass is 9.96. The third-order valence-electron chi connectivity index (χ3n) is 15.6. The topological polar surface area (TPSA) is 307 Å². The molecule has 17 atom stereocenters. The second-order valence-corrected chi connectivity index (χ2v) is 23.2. The van der Waals surface area contributed by atoms with E-state index in [-0.39, 0.29) is 12.3 Å². The van der Waals surface area contributed by atoms with Gasteiger partial charge >= 0.3 is 0 Å². The lowest BCUT2D eigenvalue weighted by Gasteiger charge is -2.48. The molecule has 3 fully saturated rings. The van der Waals surface area contributed by atoms with Gasteiger partial charge < -0.3 is 89.9 Å². The van der Waals surface area contributed by atoms with Crippen molar-refractivity contribution < 1.29 is 89.4 Å². The van der Waals surface area contributed by atoms with Gasteiger partial charge in [0.15, 0.2) is 18.9 Å². The fourth-order valence-corrected chi connectivity index (χ4v) is 10.2. The first-order valence-electron chi connectivity index (χ1n) is 33.6. The van der Waals surface area contributed by atoms with Gasteiger partial charge in [0, 0.05) is 6.42 Å². The minimum absolute atomic E-state index is 0.198. The minimum atomic E-state index is -1.99. The molecule has 3 saturated heterocycles. The zero-order chi connectivity index (χ0) is 66.1. The molecule has 0 saturated carbocycles. The number of carbonyl (C=O) groups is 1. The number of aliphatic hydroxyl groups is 11. The number of rotatable bonds is 48. The molecule has 12 N–H and O–H groups in total. The molecule has 91 heavy (non-hydrogen) atoms. The highest BCUT2D eigenvalue weighted by Gasteiger charge is 2.53. The Bertz CT molecular complexity index is 2220. The molecule has 0 bridgehead atoms. The van der Waals surface area contributed by atoms with Gasteiger partial charge in [-0.25, -0.2) is 0 Å². The van der Waals surface area contributed by atoms with Gasteiger partial charge in [-0.05, 0) is 116 Å². The number of carbonyl (C=O) groups excluding carboxylic acids is 1. The second kappa shape index (κ2) is 52.0. The molecule has 19 heteroatoms. The van der Waals surface area contributed by atoms with Crippen molar-refractivity contribution in [1.29, 1.82) is 0 Å². The van der Waals surface area contributed by atoms with Gasteiger partial charge in [0.05, 0.1) is 38.6 Å². The van der Waals surface area contributed by atoms with Crippen LogP contribution in [0.25, 0.3) is 0 Å². The van der Waals surface area contributed by atoms with Gasteiger partial charge in [-0.3, -0.25) is 4.79 Å². The van der Waals surface area contributed by atoms with Crippen LogP contribution in [0.1, 0.15) is 168 Å². The maximum atomic E-state index is 13.4. The molecular formula is C72H115NO18. The number of allylic oxidation sites excluding steroid dienone is 23. The first-order valence-corrected chi connectivity index (χ1v) is 33.6. The molecule has 17 unspecified atom stereocenters. The Morgan fingerprint density at radius 3 is 1.23 bits per heavy atom. The van der Waals surface area contributed by atoms with E-state index in [4.69, 9.17) is 28.4 Å². The van der Waals surface area contributed by atoms with Crippen LogP contribution in [-0.4, -0.2) is 193 Å². The van der Waals surface area contributed by atoms with E-state index in [0.717, 1.165) is 116 Å². The zero-order valence-electron chi connectivity index (χ0n) is 54.2. The summed E-state index contributed by atoms with van der Waals surface area (Å²) in [6.07, 6.45) is 46.9. The van der Waals surface area contributed by atoms with Gasteiger partial charge in [0.1, 0.15) is 73.2 Å². The van der Waals surface area contributed by atoms with Crippen molar-refractivity contribution in [2.75, 3.05) is 26.4 Å². The largest absolute Gasteiger partial charge is 0.394 e. The van der Waals surface area contributed by atoms with Crippen molar-refractivity contribution in [3.8, 4) is 0 Å². The summed E-state index contributed by atoms with van der Waals surface area (Å²) in [6, 6.07) is -1.02. The van der Waals surface area contributed by atoms with Crippen molar-refractivity contribution in [1.82, 2.24) is 5.32 Å². The van der Waals surface area contributed by atoms with Crippen LogP contribution in [0.4, 0.5) is 0 Å². The van der Waals surface area contributed by atoms with Crippen LogP contribution < -0.4 is 5.32 Å². The first-order chi connectivity index (χ1) is 44.3. The van der Waals surface area contributed by atoms with Crippen LogP contribution in [0, 0.1) is 0 Å². The van der Waals surface area contributed by atoms with Crippen molar-refractivity contribution in [3.05, 3.63) is 146 Å². The van der Waals surface area contributed by atoms with Crippen LogP contribution in [-0.2, 0) is 33.2 Å². The van der Waals surface area contributed by atoms with Crippen molar-refractivity contribution >= 4 is 5.91 Å². The number of amides is 1. The third kappa shape index (κ3) is 34.1. The highest BCUT2D eigenvalue weighted by molar-refractivity contribution is 5.76. The fraction of sp³-hybridized carbons (Fsp3) is 0.653. The van der Waals surface area contributed by atoms with E-state index >= 15 is 0 Å². The average Bonchev–Trinajstić information content (AvgIpc) is 0.871. The molecule has 516 valence electrons. The van der Waals surface area contributed by atoms with Gasteiger partial charge in [0.2, 0.25) is 5.91 Å². The highest BCUT2D eigenvalue weighted by atomic mass is 16.8. The summed E-state index contributed by atoms with van der Waals surface area (Å²) in [6.45, 7) is 1.49. The molecule has 3 aliphatic rings. The Labute approximate surface area is 542 Å². The normalized spacial score (nSPS) is 28.8. The molecule has 1 amide bonds. The molecule has 0 aliphatic carbocycles. The van der Waals surface area contributed by atoms with Gasteiger partial charge in [-0.2, -0.15) is 0 Å². The Balaban J connectivity index is 1.42. The molecule has 19 nitrogen and oxygen atoms in total. The van der Waals surface area contributed by atoms with Crippen LogP contribution in [0.5, 0.6) is 0 Å². The number of nitrogens with one attached hydrogen (secondary N) is 1. The van der Waals surface area contributed by atoms with Crippen molar-refractivity contribution in [2.24, 2.45) is 0 Å².